The van der Waals surface area contributed by atoms with Crippen LogP contribution in [0.5, 0.6) is 0 Å². The third-order valence-corrected chi connectivity index (χ3v) is 4.08. The first-order chi connectivity index (χ1) is 10.8. The van der Waals surface area contributed by atoms with E-state index in [1.54, 1.807) is 36.9 Å². The van der Waals surface area contributed by atoms with Crippen LogP contribution in [0.3, 0.4) is 0 Å². The second-order valence-corrected chi connectivity index (χ2v) is 6.14. The van der Waals surface area contributed by atoms with Crippen molar-refractivity contribution in [3.8, 4) is 0 Å². The summed E-state index contributed by atoms with van der Waals surface area (Å²) in [6, 6.07) is 4.53. The molecule has 0 radical (unpaired) electrons. The summed E-state index contributed by atoms with van der Waals surface area (Å²) in [6.07, 6.45) is 1.27. The molecule has 1 fully saturated rings. The molecule has 6 nitrogen and oxygen atoms in total. The summed E-state index contributed by atoms with van der Waals surface area (Å²) in [5.41, 5.74) is 0.818. The third-order valence-electron chi connectivity index (χ3n) is 3.76. The largest absolute Gasteiger partial charge is 0.480 e. The summed E-state index contributed by atoms with van der Waals surface area (Å²) >= 11 is 6.12. The standard InChI is InChI=1S/C16H19ClN2O4/c1-10(2)19(9-15(21)22)16(23)12-8-11(5-6-13(12)17)18-7-3-4-14(18)20/h5-6,8,10H,3-4,7,9H2,1-2H3,(H,21,22). The van der Waals surface area contributed by atoms with E-state index in [2.05, 4.69) is 0 Å². The zero-order valence-electron chi connectivity index (χ0n) is 13.1. The normalized spacial score (nSPS) is 14.4. The molecule has 0 saturated carbocycles. The van der Waals surface area contributed by atoms with Gasteiger partial charge in [0.25, 0.3) is 5.91 Å². The fourth-order valence-electron chi connectivity index (χ4n) is 2.56. The van der Waals surface area contributed by atoms with Crippen molar-refractivity contribution in [2.24, 2.45) is 0 Å². The van der Waals surface area contributed by atoms with Crippen molar-refractivity contribution in [3.05, 3.63) is 28.8 Å². The Balaban J connectivity index is 2.35. The van der Waals surface area contributed by atoms with Gasteiger partial charge in [-0.05, 0) is 38.5 Å². The summed E-state index contributed by atoms with van der Waals surface area (Å²) in [7, 11) is 0. The number of anilines is 1. The molecule has 0 atom stereocenters. The average molecular weight is 339 g/mol. The number of halogens is 1. The van der Waals surface area contributed by atoms with Gasteiger partial charge in [-0.1, -0.05) is 11.6 Å². The Morgan fingerprint density at radius 1 is 1.39 bits per heavy atom. The highest BCUT2D eigenvalue weighted by Gasteiger charge is 2.26. The predicted octanol–water partition coefficient (Wildman–Crippen LogP) is 2.40. The van der Waals surface area contributed by atoms with Crippen LogP contribution >= 0.6 is 11.6 Å². The summed E-state index contributed by atoms with van der Waals surface area (Å²) in [5, 5.41) is 9.22. The first kappa shape index (κ1) is 17.3. The van der Waals surface area contributed by atoms with Crippen LogP contribution in [-0.2, 0) is 9.59 Å². The van der Waals surface area contributed by atoms with Crippen LogP contribution in [0.2, 0.25) is 5.02 Å². The third kappa shape index (κ3) is 3.82. The molecule has 0 unspecified atom stereocenters. The minimum absolute atomic E-state index is 0.0111. The molecule has 1 aromatic rings. The number of hydrogen-bond acceptors (Lipinski definition) is 3. The maximum atomic E-state index is 12.7. The van der Waals surface area contributed by atoms with Crippen molar-refractivity contribution in [1.82, 2.24) is 4.90 Å². The first-order valence-electron chi connectivity index (χ1n) is 7.44. The van der Waals surface area contributed by atoms with Crippen LogP contribution in [-0.4, -0.2) is 46.9 Å². The van der Waals surface area contributed by atoms with E-state index in [0.29, 0.717) is 18.7 Å². The lowest BCUT2D eigenvalue weighted by atomic mass is 10.1. The van der Waals surface area contributed by atoms with E-state index in [1.165, 1.54) is 4.90 Å². The van der Waals surface area contributed by atoms with Gasteiger partial charge in [-0.3, -0.25) is 14.4 Å². The minimum Gasteiger partial charge on any atom is -0.480 e. The number of aliphatic carboxylic acids is 1. The van der Waals surface area contributed by atoms with Crippen molar-refractivity contribution < 1.29 is 19.5 Å². The number of carbonyl (C=O) groups excluding carboxylic acids is 2. The second-order valence-electron chi connectivity index (χ2n) is 5.73. The van der Waals surface area contributed by atoms with E-state index in [4.69, 9.17) is 16.7 Å². The molecule has 1 N–H and O–H groups in total. The molecule has 7 heteroatoms. The van der Waals surface area contributed by atoms with E-state index in [1.807, 2.05) is 0 Å². The topological polar surface area (TPSA) is 77.9 Å². The number of hydrogen-bond donors (Lipinski definition) is 1. The molecule has 2 amide bonds. The maximum Gasteiger partial charge on any atom is 0.323 e. The van der Waals surface area contributed by atoms with Gasteiger partial charge >= 0.3 is 5.97 Å². The monoisotopic (exact) mass is 338 g/mol. The Hall–Kier alpha value is -2.08. The van der Waals surface area contributed by atoms with E-state index < -0.39 is 18.4 Å². The van der Waals surface area contributed by atoms with E-state index >= 15 is 0 Å². The molecule has 1 saturated heterocycles. The molecule has 1 aliphatic rings. The number of amides is 2. The van der Waals surface area contributed by atoms with Gasteiger partial charge < -0.3 is 14.9 Å². The Morgan fingerprint density at radius 3 is 2.61 bits per heavy atom. The Bertz CT molecular complexity index is 645. The van der Waals surface area contributed by atoms with Crippen molar-refractivity contribution in [1.29, 1.82) is 0 Å². The summed E-state index contributed by atoms with van der Waals surface area (Å²) in [5.74, 6) is -1.54. The minimum atomic E-state index is -1.09. The predicted molar refractivity (Wildman–Crippen MR) is 86.8 cm³/mol. The molecule has 23 heavy (non-hydrogen) atoms. The van der Waals surface area contributed by atoms with Crippen LogP contribution in [0.1, 0.15) is 37.0 Å². The second kappa shape index (κ2) is 7.00. The fourth-order valence-corrected chi connectivity index (χ4v) is 2.75. The molecule has 0 aliphatic carbocycles. The number of rotatable bonds is 5. The van der Waals surface area contributed by atoms with Crippen molar-refractivity contribution >= 4 is 35.1 Å². The number of carboxylic acids is 1. The molecule has 0 spiro atoms. The van der Waals surface area contributed by atoms with E-state index in [0.717, 1.165) is 6.42 Å². The summed E-state index contributed by atoms with van der Waals surface area (Å²) < 4.78 is 0. The van der Waals surface area contributed by atoms with Crippen LogP contribution in [0, 0.1) is 0 Å². The Morgan fingerprint density at radius 2 is 2.09 bits per heavy atom. The average Bonchev–Trinajstić information content (AvgIpc) is 2.90. The summed E-state index contributed by atoms with van der Waals surface area (Å²) in [4.78, 5) is 38.3. The number of nitrogens with zero attached hydrogens (tertiary/aromatic N) is 2. The lowest BCUT2D eigenvalue weighted by Crippen LogP contribution is -2.40. The highest BCUT2D eigenvalue weighted by Crippen LogP contribution is 2.27. The maximum absolute atomic E-state index is 12.7. The van der Waals surface area contributed by atoms with Crippen LogP contribution in [0.25, 0.3) is 0 Å². The van der Waals surface area contributed by atoms with Gasteiger partial charge in [-0.15, -0.1) is 0 Å². The lowest BCUT2D eigenvalue weighted by Gasteiger charge is -2.26. The smallest absolute Gasteiger partial charge is 0.323 e. The van der Waals surface area contributed by atoms with Crippen LogP contribution in [0.4, 0.5) is 5.69 Å². The molecule has 2 rings (SSSR count). The molecule has 1 aliphatic heterocycles. The molecule has 1 aromatic carbocycles. The van der Waals surface area contributed by atoms with Crippen LogP contribution in [0.15, 0.2) is 18.2 Å². The quantitative estimate of drug-likeness (QED) is 0.894. The zero-order valence-corrected chi connectivity index (χ0v) is 13.8. The molecular formula is C16H19ClN2O4. The lowest BCUT2D eigenvalue weighted by molar-refractivity contribution is -0.138. The van der Waals surface area contributed by atoms with Gasteiger partial charge in [0.05, 0.1) is 10.6 Å². The Labute approximate surface area is 139 Å². The van der Waals surface area contributed by atoms with Gasteiger partial charge in [-0.25, -0.2) is 0 Å². The molecule has 0 bridgehead atoms. The highest BCUT2D eigenvalue weighted by atomic mass is 35.5. The van der Waals surface area contributed by atoms with E-state index in [9.17, 15) is 14.4 Å². The molecule has 0 aromatic heterocycles. The highest BCUT2D eigenvalue weighted by molar-refractivity contribution is 6.34. The number of benzene rings is 1. The van der Waals surface area contributed by atoms with E-state index in [-0.39, 0.29) is 22.5 Å². The van der Waals surface area contributed by atoms with Crippen LogP contribution < -0.4 is 4.90 Å². The zero-order chi connectivity index (χ0) is 17.1. The first-order valence-corrected chi connectivity index (χ1v) is 7.81. The van der Waals surface area contributed by atoms with Crippen molar-refractivity contribution in [2.45, 2.75) is 32.7 Å². The summed E-state index contributed by atoms with van der Waals surface area (Å²) in [6.45, 7) is 3.68. The fraction of sp³-hybridized carbons (Fsp3) is 0.438. The Kier molecular flexibility index (Phi) is 5.26. The van der Waals surface area contributed by atoms with Gasteiger partial charge in [0.15, 0.2) is 0 Å². The number of carboxylic acid groups (broad SMARTS) is 1. The molecular weight excluding hydrogens is 320 g/mol. The number of carbonyl (C=O) groups is 3. The molecule has 124 valence electrons. The van der Waals surface area contributed by atoms with Crippen molar-refractivity contribution in [2.75, 3.05) is 18.0 Å². The van der Waals surface area contributed by atoms with Crippen molar-refractivity contribution in [3.63, 3.8) is 0 Å². The van der Waals surface area contributed by atoms with Gasteiger partial charge in [0.1, 0.15) is 6.54 Å². The van der Waals surface area contributed by atoms with Gasteiger partial charge in [0, 0.05) is 24.7 Å². The SMILES string of the molecule is CC(C)N(CC(=O)O)C(=O)c1cc(N2CCCC2=O)ccc1Cl. The molecule has 1 heterocycles. The van der Waals surface area contributed by atoms with Gasteiger partial charge in [0.2, 0.25) is 5.91 Å². The van der Waals surface area contributed by atoms with Gasteiger partial charge in [-0.2, -0.15) is 0 Å².